The molecule has 0 saturated carbocycles. The molecule has 0 radical (unpaired) electrons. The predicted octanol–water partition coefficient (Wildman–Crippen LogP) is 1.36. The molecule has 0 aliphatic carbocycles. The van der Waals surface area contributed by atoms with Crippen LogP contribution in [0.3, 0.4) is 0 Å². The van der Waals surface area contributed by atoms with E-state index in [0.717, 1.165) is 16.6 Å². The zero-order valence-electron chi connectivity index (χ0n) is 9.28. The Morgan fingerprint density at radius 1 is 1.40 bits per heavy atom. The molecule has 0 aliphatic heterocycles. The standard InChI is InChI=1S/C11H16N2O2/c1-11(2,3)6-8-4-5-9(14)13(7-8)10(12)15/h4-5,7H,6H2,1-3H3,(H2,12,15). The lowest BCUT2D eigenvalue weighted by Crippen LogP contribution is -2.31. The van der Waals surface area contributed by atoms with E-state index in [-0.39, 0.29) is 11.0 Å². The highest BCUT2D eigenvalue weighted by molar-refractivity contribution is 5.74. The Hall–Kier alpha value is -1.58. The van der Waals surface area contributed by atoms with Crippen molar-refractivity contribution >= 4 is 6.03 Å². The Balaban J connectivity index is 3.09. The third-order valence-corrected chi connectivity index (χ3v) is 1.94. The van der Waals surface area contributed by atoms with Crippen LogP contribution in [0.25, 0.3) is 0 Å². The maximum Gasteiger partial charge on any atom is 0.325 e. The van der Waals surface area contributed by atoms with Crippen molar-refractivity contribution in [2.24, 2.45) is 11.1 Å². The normalized spacial score (nSPS) is 11.4. The highest BCUT2D eigenvalue weighted by atomic mass is 16.2. The molecule has 1 rings (SSSR count). The Kier molecular flexibility index (Phi) is 2.98. The fourth-order valence-corrected chi connectivity index (χ4v) is 1.42. The van der Waals surface area contributed by atoms with E-state index in [0.29, 0.717) is 0 Å². The number of amides is 1. The van der Waals surface area contributed by atoms with E-state index in [9.17, 15) is 9.59 Å². The fraction of sp³-hybridized carbons (Fsp3) is 0.455. The fourth-order valence-electron chi connectivity index (χ4n) is 1.42. The first kappa shape index (κ1) is 11.5. The molecule has 1 aromatic rings. The minimum absolute atomic E-state index is 0.111. The number of nitrogens with zero attached hydrogens (tertiary/aromatic N) is 1. The summed E-state index contributed by atoms with van der Waals surface area (Å²) in [5.41, 5.74) is 5.72. The van der Waals surface area contributed by atoms with Gasteiger partial charge in [-0.05, 0) is 17.4 Å². The number of primary amides is 1. The van der Waals surface area contributed by atoms with Gasteiger partial charge in [0, 0.05) is 12.3 Å². The number of hydrogen-bond acceptors (Lipinski definition) is 2. The summed E-state index contributed by atoms with van der Waals surface area (Å²) in [6.45, 7) is 6.27. The summed E-state index contributed by atoms with van der Waals surface area (Å²) in [5.74, 6) is 0. The Labute approximate surface area is 88.7 Å². The van der Waals surface area contributed by atoms with E-state index in [4.69, 9.17) is 5.73 Å². The van der Waals surface area contributed by atoms with Gasteiger partial charge >= 0.3 is 6.03 Å². The van der Waals surface area contributed by atoms with Gasteiger partial charge in [0.25, 0.3) is 5.56 Å². The second-order valence-electron chi connectivity index (χ2n) is 4.82. The molecule has 1 heterocycles. The Bertz CT molecular complexity index is 427. The van der Waals surface area contributed by atoms with Gasteiger partial charge in [0.2, 0.25) is 0 Å². The summed E-state index contributed by atoms with van der Waals surface area (Å²) in [7, 11) is 0. The minimum Gasteiger partial charge on any atom is -0.351 e. The van der Waals surface area contributed by atoms with Gasteiger partial charge in [0.1, 0.15) is 0 Å². The average Bonchev–Trinajstić information content (AvgIpc) is 2.05. The second kappa shape index (κ2) is 3.88. The zero-order chi connectivity index (χ0) is 11.6. The van der Waals surface area contributed by atoms with Crippen LogP contribution in [0.5, 0.6) is 0 Å². The van der Waals surface area contributed by atoms with Gasteiger partial charge in [-0.1, -0.05) is 26.8 Å². The highest BCUT2D eigenvalue weighted by Gasteiger charge is 2.12. The molecule has 15 heavy (non-hydrogen) atoms. The largest absolute Gasteiger partial charge is 0.351 e. The molecule has 4 nitrogen and oxygen atoms in total. The molecular formula is C11H16N2O2. The lowest BCUT2D eigenvalue weighted by molar-refractivity contribution is 0.249. The third kappa shape index (κ3) is 3.23. The number of rotatable bonds is 1. The van der Waals surface area contributed by atoms with Gasteiger partial charge in [0.15, 0.2) is 0 Å². The molecule has 1 aromatic heterocycles. The first-order valence-corrected chi connectivity index (χ1v) is 4.81. The van der Waals surface area contributed by atoms with E-state index >= 15 is 0 Å². The van der Waals surface area contributed by atoms with Crippen molar-refractivity contribution in [3.8, 4) is 0 Å². The van der Waals surface area contributed by atoms with Crippen molar-refractivity contribution in [3.63, 3.8) is 0 Å². The van der Waals surface area contributed by atoms with Gasteiger partial charge in [-0.3, -0.25) is 4.79 Å². The number of aromatic nitrogens is 1. The molecule has 1 amide bonds. The van der Waals surface area contributed by atoms with E-state index in [1.165, 1.54) is 12.3 Å². The zero-order valence-corrected chi connectivity index (χ0v) is 9.28. The maximum atomic E-state index is 11.2. The molecule has 0 bridgehead atoms. The van der Waals surface area contributed by atoms with E-state index < -0.39 is 6.03 Å². The van der Waals surface area contributed by atoms with Crippen LogP contribution < -0.4 is 11.3 Å². The third-order valence-electron chi connectivity index (χ3n) is 1.94. The van der Waals surface area contributed by atoms with Crippen molar-refractivity contribution in [1.82, 2.24) is 4.57 Å². The van der Waals surface area contributed by atoms with Crippen molar-refractivity contribution in [3.05, 3.63) is 34.2 Å². The first-order valence-electron chi connectivity index (χ1n) is 4.81. The molecule has 0 atom stereocenters. The van der Waals surface area contributed by atoms with Crippen LogP contribution in [0, 0.1) is 5.41 Å². The van der Waals surface area contributed by atoms with Gasteiger partial charge < -0.3 is 5.73 Å². The number of carbonyl (C=O) groups is 1. The predicted molar refractivity (Wildman–Crippen MR) is 58.8 cm³/mol. The summed E-state index contributed by atoms with van der Waals surface area (Å²) in [4.78, 5) is 22.2. The van der Waals surface area contributed by atoms with Gasteiger partial charge in [0.05, 0.1) is 0 Å². The number of carbonyl (C=O) groups excluding carboxylic acids is 1. The van der Waals surface area contributed by atoms with Crippen LogP contribution in [0.15, 0.2) is 23.1 Å². The lowest BCUT2D eigenvalue weighted by atomic mass is 9.89. The summed E-state index contributed by atoms with van der Waals surface area (Å²) >= 11 is 0. The molecule has 4 heteroatoms. The number of nitrogens with two attached hydrogens (primary N) is 1. The average molecular weight is 208 g/mol. The van der Waals surface area contributed by atoms with E-state index in [1.807, 2.05) is 0 Å². The molecule has 0 aromatic carbocycles. The maximum absolute atomic E-state index is 11.2. The quantitative estimate of drug-likeness (QED) is 0.757. The van der Waals surface area contributed by atoms with Crippen LogP contribution in [-0.2, 0) is 6.42 Å². The smallest absolute Gasteiger partial charge is 0.325 e. The molecule has 2 N–H and O–H groups in total. The van der Waals surface area contributed by atoms with Crippen molar-refractivity contribution in [1.29, 1.82) is 0 Å². The lowest BCUT2D eigenvalue weighted by Gasteiger charge is -2.18. The second-order valence-corrected chi connectivity index (χ2v) is 4.82. The first-order chi connectivity index (χ1) is 6.79. The molecule has 82 valence electrons. The summed E-state index contributed by atoms with van der Waals surface area (Å²) in [6.07, 6.45) is 2.30. The minimum atomic E-state index is -0.740. The van der Waals surface area contributed by atoms with Crippen LogP contribution in [0.4, 0.5) is 4.79 Å². The van der Waals surface area contributed by atoms with Crippen molar-refractivity contribution < 1.29 is 4.79 Å². The SMILES string of the molecule is CC(C)(C)Cc1ccc(=O)n(C(N)=O)c1. The molecule has 0 unspecified atom stereocenters. The summed E-state index contributed by atoms with van der Waals surface area (Å²) in [5, 5.41) is 0. The Morgan fingerprint density at radius 3 is 2.47 bits per heavy atom. The molecule has 0 fully saturated rings. The summed E-state index contributed by atoms with van der Waals surface area (Å²) < 4.78 is 0.932. The molecule has 0 aliphatic rings. The van der Waals surface area contributed by atoms with Crippen molar-refractivity contribution in [2.45, 2.75) is 27.2 Å². The summed E-state index contributed by atoms with van der Waals surface area (Å²) in [6, 6.07) is 2.36. The monoisotopic (exact) mass is 208 g/mol. The number of pyridine rings is 1. The molecule has 0 saturated heterocycles. The van der Waals surface area contributed by atoms with Crippen LogP contribution in [0.2, 0.25) is 0 Å². The molecular weight excluding hydrogens is 192 g/mol. The van der Waals surface area contributed by atoms with E-state index in [1.54, 1.807) is 6.07 Å². The van der Waals surface area contributed by atoms with Gasteiger partial charge in [-0.15, -0.1) is 0 Å². The topological polar surface area (TPSA) is 65.1 Å². The Morgan fingerprint density at radius 2 is 2.00 bits per heavy atom. The van der Waals surface area contributed by atoms with Crippen LogP contribution in [0.1, 0.15) is 26.3 Å². The van der Waals surface area contributed by atoms with E-state index in [2.05, 4.69) is 20.8 Å². The molecule has 0 spiro atoms. The highest BCUT2D eigenvalue weighted by Crippen LogP contribution is 2.19. The van der Waals surface area contributed by atoms with Gasteiger partial charge in [-0.2, -0.15) is 0 Å². The van der Waals surface area contributed by atoms with Crippen LogP contribution in [-0.4, -0.2) is 10.6 Å². The number of hydrogen-bond donors (Lipinski definition) is 1. The van der Waals surface area contributed by atoms with Crippen molar-refractivity contribution in [2.75, 3.05) is 0 Å². The van der Waals surface area contributed by atoms with Gasteiger partial charge in [-0.25, -0.2) is 9.36 Å². The van der Waals surface area contributed by atoms with Crippen LogP contribution >= 0.6 is 0 Å².